The fourth-order valence-electron chi connectivity index (χ4n) is 3.02. The Balaban J connectivity index is 1.47. The largest absolute Gasteiger partial charge is 0.368 e. The van der Waals surface area contributed by atoms with Crippen molar-refractivity contribution in [2.75, 3.05) is 36.8 Å². The van der Waals surface area contributed by atoms with Crippen molar-refractivity contribution >= 4 is 40.8 Å². The maximum absolute atomic E-state index is 12.3. The van der Waals surface area contributed by atoms with Gasteiger partial charge in [-0.05, 0) is 30.7 Å². The second-order valence-corrected chi connectivity index (χ2v) is 8.67. The molecule has 0 spiro atoms. The molecule has 2 N–H and O–H groups in total. The molecule has 0 radical (unpaired) electrons. The maximum atomic E-state index is 12.3. The highest BCUT2D eigenvalue weighted by atomic mass is 32.2. The molecule has 0 atom stereocenters. The number of hydrogen-bond acceptors (Lipinski definition) is 7. The Morgan fingerprint density at radius 1 is 1.24 bits per heavy atom. The summed E-state index contributed by atoms with van der Waals surface area (Å²) in [6.45, 7) is 3.27. The summed E-state index contributed by atoms with van der Waals surface area (Å²) < 4.78 is 1.18. The fraction of sp³-hybridized carbons (Fsp3) is 0.471. The van der Waals surface area contributed by atoms with Crippen molar-refractivity contribution in [3.63, 3.8) is 0 Å². The summed E-state index contributed by atoms with van der Waals surface area (Å²) in [5.41, 5.74) is 5.93. The molecule has 1 aliphatic heterocycles. The minimum absolute atomic E-state index is 0.287. The molecule has 0 unspecified atom stereocenters. The summed E-state index contributed by atoms with van der Waals surface area (Å²) in [7, 11) is 0. The number of nitrogens with zero attached hydrogens (tertiary/aromatic N) is 4. The van der Waals surface area contributed by atoms with E-state index in [0.717, 1.165) is 56.3 Å². The van der Waals surface area contributed by atoms with Crippen LogP contribution in [0.1, 0.15) is 19.3 Å². The van der Waals surface area contributed by atoms with Crippen LogP contribution in [0, 0.1) is 5.92 Å². The van der Waals surface area contributed by atoms with E-state index in [2.05, 4.69) is 20.9 Å². The van der Waals surface area contributed by atoms with Crippen LogP contribution in [0.5, 0.6) is 0 Å². The first-order valence-electron chi connectivity index (χ1n) is 8.59. The number of anilines is 2. The van der Waals surface area contributed by atoms with Gasteiger partial charge in [-0.2, -0.15) is 4.98 Å². The summed E-state index contributed by atoms with van der Waals surface area (Å²) in [6.07, 6.45) is 3.07. The Labute approximate surface area is 155 Å². The SMILES string of the molecule is Nc1nc(Sc2cccs2)cc(N2CCCN(C(=O)C3CC3)CC2)n1. The van der Waals surface area contributed by atoms with E-state index >= 15 is 0 Å². The summed E-state index contributed by atoms with van der Waals surface area (Å²) in [5.74, 6) is 1.77. The number of carbonyl (C=O) groups excluding carboxylic acids is 1. The van der Waals surface area contributed by atoms with Crippen LogP contribution in [-0.2, 0) is 4.79 Å². The van der Waals surface area contributed by atoms with Crippen LogP contribution in [0.4, 0.5) is 11.8 Å². The van der Waals surface area contributed by atoms with Crippen LogP contribution < -0.4 is 10.6 Å². The minimum Gasteiger partial charge on any atom is -0.368 e. The van der Waals surface area contributed by atoms with Crippen LogP contribution in [-0.4, -0.2) is 47.0 Å². The predicted molar refractivity (Wildman–Crippen MR) is 101 cm³/mol. The van der Waals surface area contributed by atoms with Crippen molar-refractivity contribution in [2.24, 2.45) is 5.92 Å². The molecule has 2 aliphatic rings. The molecule has 25 heavy (non-hydrogen) atoms. The molecular weight excluding hydrogens is 354 g/mol. The lowest BCUT2D eigenvalue weighted by atomic mass is 10.3. The van der Waals surface area contributed by atoms with E-state index in [1.807, 2.05) is 22.4 Å². The zero-order chi connectivity index (χ0) is 17.2. The number of amides is 1. The lowest BCUT2D eigenvalue weighted by Crippen LogP contribution is -2.36. The molecule has 1 saturated carbocycles. The van der Waals surface area contributed by atoms with Gasteiger partial charge in [0.25, 0.3) is 0 Å². The molecule has 1 saturated heterocycles. The zero-order valence-electron chi connectivity index (χ0n) is 13.9. The third-order valence-electron chi connectivity index (χ3n) is 4.46. The average Bonchev–Trinajstić information content (AvgIpc) is 3.37. The van der Waals surface area contributed by atoms with Gasteiger partial charge >= 0.3 is 0 Å². The Hall–Kier alpha value is -1.80. The number of carbonyl (C=O) groups is 1. The molecule has 8 heteroatoms. The molecule has 4 rings (SSSR count). The van der Waals surface area contributed by atoms with Crippen molar-refractivity contribution in [3.8, 4) is 0 Å². The number of aromatic nitrogens is 2. The second-order valence-electron chi connectivity index (χ2n) is 6.40. The Kier molecular flexibility index (Phi) is 4.80. The highest BCUT2D eigenvalue weighted by Gasteiger charge is 2.34. The van der Waals surface area contributed by atoms with E-state index in [0.29, 0.717) is 11.9 Å². The van der Waals surface area contributed by atoms with Crippen molar-refractivity contribution < 1.29 is 4.79 Å². The number of thiophene rings is 1. The molecule has 0 bridgehead atoms. The molecule has 2 aromatic heterocycles. The Morgan fingerprint density at radius 2 is 2.12 bits per heavy atom. The summed E-state index contributed by atoms with van der Waals surface area (Å²) in [4.78, 5) is 25.3. The van der Waals surface area contributed by atoms with Crippen molar-refractivity contribution in [1.82, 2.24) is 14.9 Å². The quantitative estimate of drug-likeness (QED) is 0.828. The molecule has 1 amide bonds. The van der Waals surface area contributed by atoms with Gasteiger partial charge < -0.3 is 15.5 Å². The van der Waals surface area contributed by atoms with Crippen LogP contribution in [0.3, 0.4) is 0 Å². The van der Waals surface area contributed by atoms with Gasteiger partial charge in [0.1, 0.15) is 10.8 Å². The lowest BCUT2D eigenvalue weighted by molar-refractivity contribution is -0.132. The van der Waals surface area contributed by atoms with Gasteiger partial charge in [-0.3, -0.25) is 4.79 Å². The minimum atomic E-state index is 0.287. The fourth-order valence-corrected chi connectivity index (χ4v) is 4.74. The molecule has 2 fully saturated rings. The van der Waals surface area contributed by atoms with E-state index in [9.17, 15) is 4.79 Å². The predicted octanol–water partition coefficient (Wildman–Crippen LogP) is 2.72. The number of nitrogen functional groups attached to an aromatic ring is 1. The normalized spacial score (nSPS) is 18.2. The van der Waals surface area contributed by atoms with Gasteiger partial charge in [-0.25, -0.2) is 4.98 Å². The van der Waals surface area contributed by atoms with Gasteiger partial charge in [-0.15, -0.1) is 11.3 Å². The standard InChI is InChI=1S/C17H21N5OS2/c18-17-19-13(11-14(20-17)25-15-3-1-10-24-15)21-6-2-7-22(9-8-21)16(23)12-4-5-12/h1,3,10-12H,2,4-9H2,(H2,18,19,20). The molecule has 0 aromatic carbocycles. The van der Waals surface area contributed by atoms with Crippen molar-refractivity contribution in [2.45, 2.75) is 28.5 Å². The molecule has 2 aromatic rings. The van der Waals surface area contributed by atoms with Crippen LogP contribution >= 0.6 is 23.1 Å². The van der Waals surface area contributed by atoms with Gasteiger partial charge in [-0.1, -0.05) is 17.8 Å². The molecule has 6 nitrogen and oxygen atoms in total. The van der Waals surface area contributed by atoms with E-state index in [1.54, 1.807) is 23.1 Å². The topological polar surface area (TPSA) is 75.3 Å². The second kappa shape index (κ2) is 7.21. The summed E-state index contributed by atoms with van der Waals surface area (Å²) in [6, 6.07) is 6.10. The number of hydrogen-bond donors (Lipinski definition) is 1. The zero-order valence-corrected chi connectivity index (χ0v) is 15.6. The number of rotatable bonds is 4. The van der Waals surface area contributed by atoms with E-state index in [-0.39, 0.29) is 5.92 Å². The highest BCUT2D eigenvalue weighted by Crippen LogP contribution is 2.33. The molecule has 132 valence electrons. The van der Waals surface area contributed by atoms with Crippen molar-refractivity contribution in [1.29, 1.82) is 0 Å². The molecule has 3 heterocycles. The smallest absolute Gasteiger partial charge is 0.225 e. The van der Waals surface area contributed by atoms with Gasteiger partial charge in [0.15, 0.2) is 0 Å². The first-order valence-corrected chi connectivity index (χ1v) is 10.3. The van der Waals surface area contributed by atoms with Crippen LogP contribution in [0.25, 0.3) is 0 Å². The third kappa shape index (κ3) is 4.07. The third-order valence-corrected chi connectivity index (χ3v) is 6.42. The van der Waals surface area contributed by atoms with Gasteiger partial charge in [0, 0.05) is 38.2 Å². The van der Waals surface area contributed by atoms with Crippen molar-refractivity contribution in [3.05, 3.63) is 23.6 Å². The summed E-state index contributed by atoms with van der Waals surface area (Å²) >= 11 is 3.29. The first kappa shape index (κ1) is 16.7. The van der Waals surface area contributed by atoms with E-state index < -0.39 is 0 Å². The average molecular weight is 376 g/mol. The van der Waals surface area contributed by atoms with E-state index in [1.165, 1.54) is 4.21 Å². The first-order chi connectivity index (χ1) is 12.2. The molecular formula is C17H21N5OS2. The Morgan fingerprint density at radius 3 is 2.88 bits per heavy atom. The van der Waals surface area contributed by atoms with Crippen LogP contribution in [0.15, 0.2) is 32.8 Å². The number of nitrogens with two attached hydrogens (primary N) is 1. The molecule has 1 aliphatic carbocycles. The Bertz CT molecular complexity index is 748. The maximum Gasteiger partial charge on any atom is 0.225 e. The highest BCUT2D eigenvalue weighted by molar-refractivity contribution is 8.01. The van der Waals surface area contributed by atoms with Crippen LogP contribution in [0.2, 0.25) is 0 Å². The summed E-state index contributed by atoms with van der Waals surface area (Å²) in [5, 5.41) is 2.91. The van der Waals surface area contributed by atoms with E-state index in [4.69, 9.17) is 5.73 Å². The van der Waals surface area contributed by atoms with Gasteiger partial charge in [0.2, 0.25) is 11.9 Å². The lowest BCUT2D eigenvalue weighted by Gasteiger charge is -2.23. The van der Waals surface area contributed by atoms with Gasteiger partial charge in [0.05, 0.1) is 4.21 Å². The monoisotopic (exact) mass is 375 g/mol.